The summed E-state index contributed by atoms with van der Waals surface area (Å²) in [5.74, 6) is 0. The second-order valence-corrected chi connectivity index (χ2v) is 2.16. The first-order valence-corrected chi connectivity index (χ1v) is 3.21. The Labute approximate surface area is 53.9 Å². The monoisotopic (exact) mass is 132 g/mol. The molecule has 0 fully saturated rings. The van der Waals surface area contributed by atoms with Crippen LogP contribution in [0.2, 0.25) is 0 Å². The summed E-state index contributed by atoms with van der Waals surface area (Å²) in [7, 11) is 0. The fourth-order valence-corrected chi connectivity index (χ4v) is 0.840. The lowest BCUT2D eigenvalue weighted by Crippen LogP contribution is -2.17. The number of nitrogens with zero attached hydrogens (tertiary/aromatic N) is 1. The van der Waals surface area contributed by atoms with Crippen LogP contribution in [0.1, 0.15) is 12.8 Å². The van der Waals surface area contributed by atoms with Gasteiger partial charge < -0.3 is 5.32 Å². The highest BCUT2D eigenvalue weighted by molar-refractivity contribution is 6.64. The van der Waals surface area contributed by atoms with E-state index in [1.807, 2.05) is 0 Å². The molecule has 46 valence electrons. The fourth-order valence-electron chi connectivity index (χ4n) is 0.661. The number of rotatable bonds is 0. The van der Waals surface area contributed by atoms with Crippen molar-refractivity contribution in [1.82, 2.24) is 5.32 Å². The van der Waals surface area contributed by atoms with Crippen molar-refractivity contribution < 1.29 is 0 Å². The molecule has 0 unspecified atom stereocenters. The van der Waals surface area contributed by atoms with Gasteiger partial charge in [-0.15, -0.1) is 0 Å². The minimum Gasteiger partial charge on any atom is -0.361 e. The average molecular weight is 133 g/mol. The zero-order valence-electron chi connectivity index (χ0n) is 4.65. The summed E-state index contributed by atoms with van der Waals surface area (Å²) in [5, 5.41) is 3.53. The molecule has 3 heteroatoms. The summed E-state index contributed by atoms with van der Waals surface area (Å²) in [5.41, 5.74) is 0. The van der Waals surface area contributed by atoms with Crippen molar-refractivity contribution in [3.05, 3.63) is 0 Å². The van der Waals surface area contributed by atoms with Crippen LogP contribution >= 0.6 is 11.6 Å². The van der Waals surface area contributed by atoms with Gasteiger partial charge in [0.05, 0.1) is 0 Å². The predicted molar refractivity (Wildman–Crippen MR) is 35.4 cm³/mol. The van der Waals surface area contributed by atoms with Crippen molar-refractivity contribution in [1.29, 1.82) is 0 Å². The number of hydrogen-bond acceptors (Lipinski definition) is 2. The highest BCUT2D eigenvalue weighted by Gasteiger charge is 1.96. The van der Waals surface area contributed by atoms with Gasteiger partial charge in [-0.1, -0.05) is 0 Å². The van der Waals surface area contributed by atoms with E-state index in [1.165, 1.54) is 6.42 Å². The highest BCUT2D eigenvalue weighted by Crippen LogP contribution is 1.94. The number of hydrogen-bond donors (Lipinski definition) is 1. The molecule has 0 amide bonds. The Bertz CT molecular complexity index is 101. The number of aliphatic imine (C=N–C) groups is 1. The van der Waals surface area contributed by atoms with Crippen molar-refractivity contribution in [2.24, 2.45) is 4.99 Å². The minimum absolute atomic E-state index is 0.572. The lowest BCUT2D eigenvalue weighted by Gasteiger charge is -1.94. The first-order chi connectivity index (χ1) is 3.89. The fraction of sp³-hybridized carbons (Fsp3) is 0.800. The molecule has 1 rings (SSSR count). The van der Waals surface area contributed by atoms with Crippen molar-refractivity contribution in [3.8, 4) is 0 Å². The normalized spacial score (nSPS) is 20.9. The summed E-state index contributed by atoms with van der Waals surface area (Å²) < 4.78 is 0. The van der Waals surface area contributed by atoms with Gasteiger partial charge in [0.15, 0.2) is 5.29 Å². The molecule has 0 aromatic heterocycles. The molecule has 0 bridgehead atoms. The SMILES string of the molecule is ClC1=NCCCCN1. The van der Waals surface area contributed by atoms with E-state index in [0.29, 0.717) is 5.29 Å². The summed E-state index contributed by atoms with van der Waals surface area (Å²) in [6.45, 7) is 1.86. The van der Waals surface area contributed by atoms with E-state index in [2.05, 4.69) is 10.3 Å². The molecule has 0 saturated carbocycles. The van der Waals surface area contributed by atoms with Crippen LogP contribution in [0.4, 0.5) is 0 Å². The Morgan fingerprint density at radius 3 is 3.25 bits per heavy atom. The highest BCUT2D eigenvalue weighted by atomic mass is 35.5. The van der Waals surface area contributed by atoms with Crippen LogP contribution in [-0.4, -0.2) is 18.4 Å². The first kappa shape index (κ1) is 5.89. The van der Waals surface area contributed by atoms with E-state index in [0.717, 1.165) is 19.5 Å². The second-order valence-electron chi connectivity index (χ2n) is 1.81. The summed E-state index contributed by atoms with van der Waals surface area (Å²) >= 11 is 5.56. The predicted octanol–water partition coefficient (Wildman–Crippen LogP) is 0.965. The standard InChI is InChI=1S/C5H9ClN2/c6-5-7-3-1-2-4-8-5/h1-4H2,(H,7,8). The first-order valence-electron chi connectivity index (χ1n) is 2.83. The van der Waals surface area contributed by atoms with Gasteiger partial charge in [0.1, 0.15) is 0 Å². The molecule has 0 aromatic carbocycles. The maximum absolute atomic E-state index is 5.56. The maximum atomic E-state index is 5.56. The van der Waals surface area contributed by atoms with Gasteiger partial charge in [-0.2, -0.15) is 0 Å². The molecule has 0 saturated heterocycles. The van der Waals surface area contributed by atoms with Gasteiger partial charge in [-0.3, -0.25) is 4.99 Å². The van der Waals surface area contributed by atoms with Crippen LogP contribution in [0.3, 0.4) is 0 Å². The minimum atomic E-state index is 0.572. The summed E-state index contributed by atoms with van der Waals surface area (Å²) in [6.07, 6.45) is 2.34. The Morgan fingerprint density at radius 2 is 2.38 bits per heavy atom. The van der Waals surface area contributed by atoms with E-state index in [1.54, 1.807) is 0 Å². The molecular weight excluding hydrogens is 124 g/mol. The molecular formula is C5H9ClN2. The Hall–Kier alpha value is -0.240. The molecule has 0 aromatic rings. The van der Waals surface area contributed by atoms with E-state index in [4.69, 9.17) is 11.6 Å². The maximum Gasteiger partial charge on any atom is 0.191 e. The van der Waals surface area contributed by atoms with Gasteiger partial charge in [-0.05, 0) is 24.4 Å². The van der Waals surface area contributed by atoms with Crippen LogP contribution in [0.25, 0.3) is 0 Å². The molecule has 1 aliphatic heterocycles. The van der Waals surface area contributed by atoms with E-state index in [-0.39, 0.29) is 0 Å². The topological polar surface area (TPSA) is 24.4 Å². The van der Waals surface area contributed by atoms with E-state index in [9.17, 15) is 0 Å². The van der Waals surface area contributed by atoms with Crippen LogP contribution in [0, 0.1) is 0 Å². The zero-order valence-corrected chi connectivity index (χ0v) is 5.41. The Balaban J connectivity index is 2.36. The second kappa shape index (κ2) is 2.92. The quantitative estimate of drug-likeness (QED) is 0.488. The van der Waals surface area contributed by atoms with Gasteiger partial charge in [-0.25, -0.2) is 0 Å². The lowest BCUT2D eigenvalue weighted by atomic mass is 10.3. The smallest absolute Gasteiger partial charge is 0.191 e. The number of halogens is 1. The number of amidine groups is 1. The lowest BCUT2D eigenvalue weighted by molar-refractivity contribution is 0.750. The van der Waals surface area contributed by atoms with Crippen molar-refractivity contribution in [2.75, 3.05) is 13.1 Å². The van der Waals surface area contributed by atoms with Crippen LogP contribution in [-0.2, 0) is 0 Å². The largest absolute Gasteiger partial charge is 0.361 e. The average Bonchev–Trinajstić information content (AvgIpc) is 1.94. The third kappa shape index (κ3) is 1.70. The molecule has 1 N–H and O–H groups in total. The van der Waals surface area contributed by atoms with Crippen molar-refractivity contribution in [3.63, 3.8) is 0 Å². The van der Waals surface area contributed by atoms with Crippen LogP contribution in [0.15, 0.2) is 4.99 Å². The third-order valence-corrected chi connectivity index (χ3v) is 1.36. The van der Waals surface area contributed by atoms with Crippen molar-refractivity contribution in [2.45, 2.75) is 12.8 Å². The Kier molecular flexibility index (Phi) is 2.15. The molecule has 0 aliphatic carbocycles. The van der Waals surface area contributed by atoms with E-state index >= 15 is 0 Å². The molecule has 2 nitrogen and oxygen atoms in total. The summed E-state index contributed by atoms with van der Waals surface area (Å²) in [4.78, 5) is 3.99. The Morgan fingerprint density at radius 1 is 1.50 bits per heavy atom. The number of nitrogens with one attached hydrogen (secondary N) is 1. The molecule has 0 radical (unpaired) electrons. The third-order valence-electron chi connectivity index (χ3n) is 1.11. The van der Waals surface area contributed by atoms with Crippen LogP contribution < -0.4 is 5.32 Å². The van der Waals surface area contributed by atoms with Crippen LogP contribution in [0.5, 0.6) is 0 Å². The van der Waals surface area contributed by atoms with Gasteiger partial charge in [0, 0.05) is 13.1 Å². The molecule has 1 aliphatic rings. The summed E-state index contributed by atoms with van der Waals surface area (Å²) in [6, 6.07) is 0. The zero-order chi connectivity index (χ0) is 5.82. The van der Waals surface area contributed by atoms with Crippen molar-refractivity contribution >= 4 is 16.9 Å². The molecule has 8 heavy (non-hydrogen) atoms. The molecule has 0 atom stereocenters. The van der Waals surface area contributed by atoms with E-state index < -0.39 is 0 Å². The van der Waals surface area contributed by atoms with Gasteiger partial charge >= 0.3 is 0 Å². The molecule has 0 spiro atoms. The van der Waals surface area contributed by atoms with Gasteiger partial charge in [0.25, 0.3) is 0 Å². The molecule has 1 heterocycles. The van der Waals surface area contributed by atoms with Gasteiger partial charge in [0.2, 0.25) is 0 Å².